The van der Waals surface area contributed by atoms with Crippen molar-refractivity contribution in [3.63, 3.8) is 0 Å². The molecule has 8 heteroatoms. The van der Waals surface area contributed by atoms with Gasteiger partial charge in [0.15, 0.2) is 0 Å². The van der Waals surface area contributed by atoms with Crippen LogP contribution in [0.1, 0.15) is 0 Å². The highest BCUT2D eigenvalue weighted by Gasteiger charge is 2.40. The lowest BCUT2D eigenvalue weighted by atomic mass is 10.4. The van der Waals surface area contributed by atoms with Gasteiger partial charge in [-0.15, -0.1) is 0 Å². The zero-order valence-electron chi connectivity index (χ0n) is 14.1. The lowest BCUT2D eigenvalue weighted by Crippen LogP contribution is -2.54. The second-order valence-electron chi connectivity index (χ2n) is 3.95. The monoisotopic (exact) mass is 346 g/mol. The zero-order chi connectivity index (χ0) is 17.1. The first kappa shape index (κ1) is 21.2. The van der Waals surface area contributed by atoms with E-state index < -0.39 is 17.6 Å². The van der Waals surface area contributed by atoms with E-state index in [0.717, 1.165) is 5.19 Å². The van der Waals surface area contributed by atoms with Crippen molar-refractivity contribution in [1.29, 1.82) is 0 Å². The third-order valence-corrected chi connectivity index (χ3v) is 7.90. The van der Waals surface area contributed by atoms with Crippen molar-refractivity contribution >= 4 is 22.8 Å². The fourth-order valence-electron chi connectivity index (χ4n) is 1.75. The minimum atomic E-state index is -2.59. The molecule has 0 atom stereocenters. The average molecular weight is 347 g/mol. The minimum absolute atomic E-state index is 0.975. The Morgan fingerprint density at radius 2 is 1.14 bits per heavy atom. The van der Waals surface area contributed by atoms with E-state index in [9.17, 15) is 0 Å². The third-order valence-electron chi connectivity index (χ3n) is 3.04. The summed E-state index contributed by atoms with van der Waals surface area (Å²) >= 11 is 0. The Balaban J connectivity index is 0.000000433. The quantitative estimate of drug-likeness (QED) is 0.663. The molecule has 0 aromatic heterocycles. The molecule has 0 radical (unpaired) electrons. The van der Waals surface area contributed by atoms with E-state index in [4.69, 9.17) is 26.6 Å². The molecular formula is C14H26O6Si2. The van der Waals surface area contributed by atoms with Gasteiger partial charge in [-0.3, -0.25) is 0 Å². The first-order valence-corrected chi connectivity index (χ1v) is 10.1. The maximum Gasteiger partial charge on any atom is 0.536 e. The van der Waals surface area contributed by atoms with Gasteiger partial charge in [-0.2, -0.15) is 0 Å². The molecule has 0 heterocycles. The van der Waals surface area contributed by atoms with Crippen LogP contribution < -0.4 is 5.19 Å². The molecule has 0 amide bonds. The molecule has 0 aliphatic heterocycles. The number of benzene rings is 1. The van der Waals surface area contributed by atoms with Crippen molar-refractivity contribution in [2.45, 2.75) is 0 Å². The van der Waals surface area contributed by atoms with Crippen LogP contribution >= 0.6 is 0 Å². The van der Waals surface area contributed by atoms with Gasteiger partial charge in [0.2, 0.25) is 0 Å². The smallest absolute Gasteiger partial charge is 0.374 e. The van der Waals surface area contributed by atoms with Gasteiger partial charge >= 0.3 is 17.6 Å². The Morgan fingerprint density at radius 3 is 1.36 bits per heavy atom. The van der Waals surface area contributed by atoms with Crippen LogP contribution in [0.25, 0.3) is 0 Å². The molecule has 0 N–H and O–H groups in total. The highest BCUT2D eigenvalue weighted by molar-refractivity contribution is 6.75. The van der Waals surface area contributed by atoms with Gasteiger partial charge in [0.05, 0.1) is 0 Å². The summed E-state index contributed by atoms with van der Waals surface area (Å²) in [5.74, 6) is 0. The van der Waals surface area contributed by atoms with E-state index in [-0.39, 0.29) is 0 Å². The number of hydrogen-bond donors (Lipinski definition) is 0. The van der Waals surface area contributed by atoms with Crippen molar-refractivity contribution in [1.82, 2.24) is 0 Å². The summed E-state index contributed by atoms with van der Waals surface area (Å²) in [6.45, 7) is 3.53. The van der Waals surface area contributed by atoms with Gasteiger partial charge in [-0.25, -0.2) is 0 Å². The van der Waals surface area contributed by atoms with Crippen LogP contribution in [0.5, 0.6) is 0 Å². The van der Waals surface area contributed by atoms with Crippen molar-refractivity contribution < 1.29 is 26.6 Å². The largest absolute Gasteiger partial charge is 0.536 e. The number of rotatable bonds is 8. The lowest BCUT2D eigenvalue weighted by Gasteiger charge is -2.24. The Morgan fingerprint density at radius 1 is 0.727 bits per heavy atom. The highest BCUT2D eigenvalue weighted by atomic mass is 28.4. The van der Waals surface area contributed by atoms with E-state index >= 15 is 0 Å². The van der Waals surface area contributed by atoms with Crippen LogP contribution in [0.4, 0.5) is 0 Å². The van der Waals surface area contributed by atoms with Crippen LogP contribution in [0.15, 0.2) is 42.6 Å². The van der Waals surface area contributed by atoms with Gasteiger partial charge in [0, 0.05) is 47.8 Å². The molecule has 0 unspecified atom stereocenters. The van der Waals surface area contributed by atoms with Gasteiger partial charge in [0.25, 0.3) is 0 Å². The summed E-state index contributed by atoms with van der Waals surface area (Å²) in [7, 11) is 4.42. The van der Waals surface area contributed by atoms with E-state index in [1.54, 1.807) is 48.4 Å². The van der Waals surface area contributed by atoms with Crippen LogP contribution in [0.2, 0.25) is 0 Å². The summed E-state index contributed by atoms with van der Waals surface area (Å²) < 4.78 is 30.8. The fraction of sp³-hybridized carbons (Fsp3) is 0.429. The third kappa shape index (κ3) is 5.41. The van der Waals surface area contributed by atoms with Crippen molar-refractivity contribution in [3.05, 3.63) is 42.6 Å². The molecule has 0 aliphatic rings. The highest BCUT2D eigenvalue weighted by Crippen LogP contribution is 2.06. The lowest BCUT2D eigenvalue weighted by molar-refractivity contribution is 0.138. The number of hydrogen-bond acceptors (Lipinski definition) is 6. The van der Waals surface area contributed by atoms with Crippen molar-refractivity contribution in [2.75, 3.05) is 42.7 Å². The minimum Gasteiger partial charge on any atom is -0.374 e. The predicted molar refractivity (Wildman–Crippen MR) is 89.8 cm³/mol. The maximum absolute atomic E-state index is 5.32. The van der Waals surface area contributed by atoms with E-state index in [2.05, 4.69) is 6.58 Å². The van der Waals surface area contributed by atoms with Crippen molar-refractivity contribution in [2.24, 2.45) is 0 Å². The fourth-order valence-corrected chi connectivity index (χ4v) is 4.55. The molecule has 0 saturated carbocycles. The first-order chi connectivity index (χ1) is 10.5. The van der Waals surface area contributed by atoms with Crippen molar-refractivity contribution in [3.8, 4) is 0 Å². The van der Waals surface area contributed by atoms with E-state index in [1.165, 1.54) is 0 Å². The summed E-state index contributed by atoms with van der Waals surface area (Å²) in [4.78, 5) is 0. The van der Waals surface area contributed by atoms with Crippen LogP contribution in [-0.4, -0.2) is 60.3 Å². The van der Waals surface area contributed by atoms with Gasteiger partial charge < -0.3 is 26.6 Å². The molecule has 0 aliphatic carbocycles. The Kier molecular flexibility index (Phi) is 10.4. The Labute approximate surface area is 135 Å². The predicted octanol–water partition coefficient (Wildman–Crippen LogP) is 1.36. The summed E-state index contributed by atoms with van der Waals surface area (Å²) in [5.41, 5.74) is 1.58. The Bertz CT molecular complexity index is 391. The first-order valence-electron chi connectivity index (χ1n) is 6.53. The van der Waals surface area contributed by atoms with Crippen LogP contribution in [-0.2, 0) is 26.6 Å². The molecule has 126 valence electrons. The summed E-state index contributed by atoms with van der Waals surface area (Å²) in [6.07, 6.45) is 0. The molecule has 0 saturated heterocycles. The van der Waals surface area contributed by atoms with E-state index in [0.29, 0.717) is 0 Å². The average Bonchev–Trinajstić information content (AvgIpc) is 2.61. The standard InChI is InChI=1S/C9H14O3Si.C5H12O3Si/c1-10-13(11-2,12-3)9-7-5-4-6-8-9;1-5-9(6-2,7-3)8-4/h4-8H,1-3H3;5H,1H2,2-4H3. The molecule has 1 aromatic carbocycles. The summed E-state index contributed by atoms with van der Waals surface area (Å²) in [6, 6.07) is 9.72. The maximum atomic E-state index is 5.32. The molecule has 1 rings (SSSR count). The van der Waals surface area contributed by atoms with Gasteiger partial charge in [-0.1, -0.05) is 36.9 Å². The molecule has 22 heavy (non-hydrogen) atoms. The topological polar surface area (TPSA) is 55.4 Å². The van der Waals surface area contributed by atoms with Crippen LogP contribution in [0, 0.1) is 0 Å². The molecule has 6 nitrogen and oxygen atoms in total. The van der Waals surface area contributed by atoms with E-state index in [1.807, 2.05) is 30.3 Å². The molecule has 0 bridgehead atoms. The SMILES string of the molecule is C=C[Si](OC)(OC)OC.CO[Si](OC)(OC)c1ccccc1. The zero-order valence-corrected chi connectivity index (χ0v) is 16.1. The molecule has 0 spiro atoms. The normalized spacial score (nSPS) is 11.5. The van der Waals surface area contributed by atoms with Gasteiger partial charge in [0.1, 0.15) is 0 Å². The Hall–Kier alpha value is -0.846. The van der Waals surface area contributed by atoms with Gasteiger partial charge in [-0.05, 0) is 5.70 Å². The second kappa shape index (κ2) is 10.8. The summed E-state index contributed by atoms with van der Waals surface area (Å²) in [5, 5.41) is 0.975. The molecule has 0 fully saturated rings. The molecule has 1 aromatic rings. The molecular weight excluding hydrogens is 320 g/mol. The second-order valence-corrected chi connectivity index (χ2v) is 9.71. The van der Waals surface area contributed by atoms with Crippen LogP contribution in [0.3, 0.4) is 0 Å².